The average molecular weight is 608 g/mol. The molecule has 0 aromatic heterocycles. The Labute approximate surface area is 266 Å². The van der Waals surface area contributed by atoms with Crippen LogP contribution in [0.15, 0.2) is 53.6 Å². The van der Waals surface area contributed by atoms with Gasteiger partial charge in [0, 0.05) is 49.2 Å². The van der Waals surface area contributed by atoms with Crippen molar-refractivity contribution in [1.29, 1.82) is 0 Å². The summed E-state index contributed by atoms with van der Waals surface area (Å²) in [4.78, 5) is 20.5. The van der Waals surface area contributed by atoms with Crippen LogP contribution >= 0.6 is 0 Å². The molecule has 1 aliphatic carbocycles. The zero-order chi connectivity index (χ0) is 32.1. The Kier molecular flexibility index (Phi) is 8.20. The Hall–Kier alpha value is -3.82. The molecule has 0 bridgehead atoms. The zero-order valence-corrected chi connectivity index (χ0v) is 27.4. The number of fused-ring (bicyclic) bond motifs is 3. The lowest BCUT2D eigenvalue weighted by atomic mass is 9.70. The average Bonchev–Trinajstić information content (AvgIpc) is 3.45. The van der Waals surface area contributed by atoms with Crippen LogP contribution in [0.5, 0.6) is 0 Å². The van der Waals surface area contributed by atoms with Crippen LogP contribution in [-0.4, -0.2) is 67.0 Å². The molecule has 0 unspecified atom stereocenters. The number of piperazine rings is 1. The highest BCUT2D eigenvalue weighted by Crippen LogP contribution is 2.44. The van der Waals surface area contributed by atoms with Crippen molar-refractivity contribution in [3.8, 4) is 11.1 Å². The molecule has 0 saturated carbocycles. The summed E-state index contributed by atoms with van der Waals surface area (Å²) in [5, 5.41) is 4.10. The molecule has 3 aliphatic rings. The molecule has 2 saturated heterocycles. The first-order valence-corrected chi connectivity index (χ1v) is 15.8. The van der Waals surface area contributed by atoms with Gasteiger partial charge in [0.2, 0.25) is 0 Å². The molecule has 2 aliphatic heterocycles. The second kappa shape index (κ2) is 11.8. The van der Waals surface area contributed by atoms with Crippen LogP contribution in [0.2, 0.25) is 0 Å². The van der Waals surface area contributed by atoms with E-state index < -0.39 is 18.3 Å². The molecule has 3 aromatic carbocycles. The summed E-state index contributed by atoms with van der Waals surface area (Å²) >= 11 is 0. The Morgan fingerprint density at radius 2 is 1.47 bits per heavy atom. The molecular formula is C35H42BN5O4. The van der Waals surface area contributed by atoms with Crippen molar-refractivity contribution in [3.63, 3.8) is 0 Å². The molecule has 3 aromatic rings. The van der Waals surface area contributed by atoms with Gasteiger partial charge < -0.3 is 18.9 Å². The van der Waals surface area contributed by atoms with Gasteiger partial charge in [-0.1, -0.05) is 53.6 Å². The fourth-order valence-electron chi connectivity index (χ4n) is 7.02. The van der Waals surface area contributed by atoms with Crippen LogP contribution < -0.4 is 5.46 Å². The predicted octanol–water partition coefficient (Wildman–Crippen LogP) is 6.92. The Balaban J connectivity index is 1.14. The summed E-state index contributed by atoms with van der Waals surface area (Å²) in [7, 11) is -0.563. The maximum absolute atomic E-state index is 13.2. The van der Waals surface area contributed by atoms with Gasteiger partial charge in [0.1, 0.15) is 6.61 Å². The largest absolute Gasteiger partial charge is 0.495 e. The van der Waals surface area contributed by atoms with Gasteiger partial charge in [-0.05, 0) is 104 Å². The Morgan fingerprint density at radius 1 is 0.911 bits per heavy atom. The number of amides is 1. The van der Waals surface area contributed by atoms with E-state index in [2.05, 4.69) is 58.2 Å². The van der Waals surface area contributed by atoms with E-state index >= 15 is 0 Å². The van der Waals surface area contributed by atoms with Crippen LogP contribution in [0.25, 0.3) is 21.6 Å². The predicted molar refractivity (Wildman–Crippen MR) is 177 cm³/mol. The van der Waals surface area contributed by atoms with E-state index in [1.54, 1.807) is 4.90 Å². The number of benzene rings is 3. The number of hydrogen-bond donors (Lipinski definition) is 0. The van der Waals surface area contributed by atoms with Gasteiger partial charge in [0.15, 0.2) is 0 Å². The molecule has 0 N–H and O–H groups in total. The molecule has 0 atom stereocenters. The number of ether oxygens (including phenoxy) is 1. The number of azide groups is 1. The first kappa shape index (κ1) is 31.2. The molecule has 1 amide bonds. The van der Waals surface area contributed by atoms with Gasteiger partial charge >= 0.3 is 13.2 Å². The maximum atomic E-state index is 13.2. The van der Waals surface area contributed by atoms with Gasteiger partial charge in [-0.2, -0.15) is 0 Å². The van der Waals surface area contributed by atoms with Crippen LogP contribution in [0, 0.1) is 20.8 Å². The third-order valence-electron chi connectivity index (χ3n) is 10.4. The fraction of sp³-hybridized carbons (Fsp3) is 0.457. The Bertz CT molecular complexity index is 1630. The molecule has 0 spiro atoms. The minimum Gasteiger partial charge on any atom is -0.448 e. The second-order valence-corrected chi connectivity index (χ2v) is 13.5. The Morgan fingerprint density at radius 3 is 2.02 bits per heavy atom. The summed E-state index contributed by atoms with van der Waals surface area (Å²) < 4.78 is 18.8. The SMILES string of the molecule is Cc1c(CN2CCN(C(=O)OCC3c4ccccc4-c4ccccc43)CC2)c(C)c(B2OC(C)(C)C(C)(C)O2)c(C)c1N=[N+]=[N-]. The van der Waals surface area contributed by atoms with Gasteiger partial charge in [-0.3, -0.25) is 4.90 Å². The molecule has 2 heterocycles. The molecule has 45 heavy (non-hydrogen) atoms. The van der Waals surface area contributed by atoms with Gasteiger partial charge in [-0.25, -0.2) is 4.79 Å². The maximum Gasteiger partial charge on any atom is 0.495 e. The lowest BCUT2D eigenvalue weighted by Gasteiger charge is -2.35. The normalized spacial score (nSPS) is 18.8. The van der Waals surface area contributed by atoms with E-state index in [4.69, 9.17) is 14.0 Å². The zero-order valence-electron chi connectivity index (χ0n) is 27.4. The van der Waals surface area contributed by atoms with Gasteiger partial charge in [0.05, 0.1) is 11.2 Å². The van der Waals surface area contributed by atoms with Crippen LogP contribution in [0.1, 0.15) is 67.0 Å². The minimum atomic E-state index is -0.563. The third-order valence-corrected chi connectivity index (χ3v) is 10.4. The number of nitrogens with zero attached hydrogens (tertiary/aromatic N) is 5. The van der Waals surface area contributed by atoms with Crippen LogP contribution in [0.3, 0.4) is 0 Å². The minimum absolute atomic E-state index is 0.0403. The van der Waals surface area contributed by atoms with Crippen molar-refractivity contribution in [2.75, 3.05) is 32.8 Å². The first-order valence-electron chi connectivity index (χ1n) is 15.8. The smallest absolute Gasteiger partial charge is 0.448 e. The summed E-state index contributed by atoms with van der Waals surface area (Å²) in [5.74, 6) is 0.0403. The van der Waals surface area contributed by atoms with E-state index in [-0.39, 0.29) is 12.0 Å². The number of hydrogen-bond acceptors (Lipinski definition) is 6. The highest BCUT2D eigenvalue weighted by atomic mass is 16.7. The van der Waals surface area contributed by atoms with Crippen molar-refractivity contribution >= 4 is 24.4 Å². The van der Waals surface area contributed by atoms with E-state index in [1.807, 2.05) is 53.7 Å². The van der Waals surface area contributed by atoms with Gasteiger partial charge in [-0.15, -0.1) is 0 Å². The van der Waals surface area contributed by atoms with Crippen LogP contribution in [-0.2, 0) is 20.6 Å². The van der Waals surface area contributed by atoms with E-state index in [9.17, 15) is 10.3 Å². The monoisotopic (exact) mass is 607 g/mol. The molecule has 234 valence electrons. The topological polar surface area (TPSA) is 100 Å². The first-order chi connectivity index (χ1) is 21.4. The third kappa shape index (κ3) is 5.50. The summed E-state index contributed by atoms with van der Waals surface area (Å²) in [5.41, 5.74) is 18.8. The summed E-state index contributed by atoms with van der Waals surface area (Å²) in [6, 6.07) is 16.7. The van der Waals surface area contributed by atoms with E-state index in [1.165, 1.54) is 22.3 Å². The standard InChI is InChI=1S/C35H42BN5O4/c1-22-29(23(2)32(38-39-37)24(3)31(22)36-44-34(4,5)35(6,7)45-36)20-40-16-18-41(19-17-40)33(42)43-21-30-27-14-10-8-12-25(27)26-13-9-11-15-28(26)30/h8-15,30H,16-21H2,1-7H3. The van der Waals surface area contributed by atoms with Crippen molar-refractivity contribution in [3.05, 3.63) is 92.4 Å². The van der Waals surface area contributed by atoms with Crippen molar-refractivity contribution < 1.29 is 18.8 Å². The molecule has 6 rings (SSSR count). The highest BCUT2D eigenvalue weighted by molar-refractivity contribution is 6.63. The lowest BCUT2D eigenvalue weighted by molar-refractivity contribution is 0.00578. The number of rotatable bonds is 6. The quantitative estimate of drug-likeness (QED) is 0.131. The van der Waals surface area contributed by atoms with E-state index in [0.29, 0.717) is 45.0 Å². The molecule has 0 radical (unpaired) electrons. The van der Waals surface area contributed by atoms with Crippen molar-refractivity contribution in [2.24, 2.45) is 5.11 Å². The van der Waals surface area contributed by atoms with Crippen LogP contribution in [0.4, 0.5) is 10.5 Å². The van der Waals surface area contributed by atoms with Gasteiger partial charge in [0.25, 0.3) is 0 Å². The fourth-order valence-corrected chi connectivity index (χ4v) is 7.02. The highest BCUT2D eigenvalue weighted by Gasteiger charge is 2.52. The number of carbonyl (C=O) groups excluding carboxylic acids is 1. The number of carbonyl (C=O) groups is 1. The second-order valence-electron chi connectivity index (χ2n) is 13.5. The van der Waals surface area contributed by atoms with E-state index in [0.717, 1.165) is 27.7 Å². The van der Waals surface area contributed by atoms with Crippen molar-refractivity contribution in [1.82, 2.24) is 9.80 Å². The molecular weight excluding hydrogens is 565 g/mol. The van der Waals surface area contributed by atoms with Crippen molar-refractivity contribution in [2.45, 2.75) is 72.1 Å². The lowest BCUT2D eigenvalue weighted by Crippen LogP contribution is -2.49. The molecule has 2 fully saturated rings. The summed E-state index contributed by atoms with van der Waals surface area (Å²) in [6.45, 7) is 17.8. The molecule has 9 nitrogen and oxygen atoms in total. The molecule has 10 heteroatoms. The summed E-state index contributed by atoms with van der Waals surface area (Å²) in [6.07, 6.45) is -0.270.